The van der Waals surface area contributed by atoms with Gasteiger partial charge in [0, 0.05) is 12.6 Å². The first-order chi connectivity index (χ1) is 11.6. The molecule has 1 aromatic heterocycles. The smallest absolute Gasteiger partial charge is 0.313 e. The molecule has 0 bridgehead atoms. The van der Waals surface area contributed by atoms with Crippen LogP contribution in [0, 0.1) is 5.41 Å². The zero-order valence-corrected chi connectivity index (χ0v) is 14.9. The maximum Gasteiger partial charge on any atom is 0.313 e. The molecule has 7 heteroatoms. The summed E-state index contributed by atoms with van der Waals surface area (Å²) in [5, 5.41) is 0.181. The van der Waals surface area contributed by atoms with Crippen molar-refractivity contribution in [2.24, 2.45) is 5.41 Å². The predicted molar refractivity (Wildman–Crippen MR) is 94.0 cm³/mol. The number of aromatic nitrogens is 2. The molecule has 0 aromatic carbocycles. The zero-order chi connectivity index (χ0) is 17.2. The van der Waals surface area contributed by atoms with Crippen molar-refractivity contribution in [2.45, 2.75) is 57.9 Å². The number of esters is 1. The fraction of sp³-hybridized carbons (Fsp3) is 0.706. The lowest BCUT2D eigenvalue weighted by Crippen LogP contribution is -2.51. The van der Waals surface area contributed by atoms with E-state index >= 15 is 0 Å². The lowest BCUT2D eigenvalue weighted by Gasteiger charge is -2.44. The highest BCUT2D eigenvalue weighted by Gasteiger charge is 2.48. The van der Waals surface area contributed by atoms with Gasteiger partial charge in [0.1, 0.15) is 0 Å². The number of nitrogen functional groups attached to an aromatic ring is 1. The van der Waals surface area contributed by atoms with Gasteiger partial charge in [0.25, 0.3) is 0 Å². The van der Waals surface area contributed by atoms with Crippen molar-refractivity contribution in [3.8, 4) is 0 Å². The summed E-state index contributed by atoms with van der Waals surface area (Å²) in [6.07, 6.45) is 8.85. The van der Waals surface area contributed by atoms with E-state index in [1.807, 2.05) is 6.92 Å². The standard InChI is InChI=1S/C17H25ClN4O2/c1-2-24-15(23)17(8-5-9-17)11-22(12-6-3-4-7-12)14-13(19)10-20-16(18)21-14/h10,12H,2-9,11,19H2,1H3. The number of ether oxygens (including phenoxy) is 1. The summed E-state index contributed by atoms with van der Waals surface area (Å²) in [5.74, 6) is 0.551. The van der Waals surface area contributed by atoms with Gasteiger partial charge in [0.15, 0.2) is 5.82 Å². The monoisotopic (exact) mass is 352 g/mol. The van der Waals surface area contributed by atoms with Crippen LogP contribution in [-0.4, -0.2) is 35.1 Å². The molecule has 0 radical (unpaired) electrons. The summed E-state index contributed by atoms with van der Waals surface area (Å²) in [7, 11) is 0. The summed E-state index contributed by atoms with van der Waals surface area (Å²) in [4.78, 5) is 23.1. The average molecular weight is 353 g/mol. The van der Waals surface area contributed by atoms with Crippen LogP contribution in [0.25, 0.3) is 0 Å². The molecule has 2 aliphatic carbocycles. The molecule has 0 saturated heterocycles. The third-order valence-corrected chi connectivity index (χ3v) is 5.48. The normalized spacial score (nSPS) is 19.8. The summed E-state index contributed by atoms with van der Waals surface area (Å²) >= 11 is 6.00. The van der Waals surface area contributed by atoms with Gasteiger partial charge >= 0.3 is 5.97 Å². The first-order valence-electron chi connectivity index (χ1n) is 8.77. The largest absolute Gasteiger partial charge is 0.466 e. The first kappa shape index (κ1) is 17.3. The van der Waals surface area contributed by atoms with E-state index in [1.165, 1.54) is 12.8 Å². The second-order valence-corrected chi connectivity index (χ2v) is 7.18. The predicted octanol–water partition coefficient (Wildman–Crippen LogP) is 3.19. The van der Waals surface area contributed by atoms with Crippen molar-refractivity contribution >= 4 is 29.1 Å². The second kappa shape index (κ2) is 7.13. The number of nitrogens with zero attached hydrogens (tertiary/aromatic N) is 3. The molecular weight excluding hydrogens is 328 g/mol. The third-order valence-electron chi connectivity index (χ3n) is 5.30. The van der Waals surface area contributed by atoms with Gasteiger partial charge < -0.3 is 15.4 Å². The molecule has 2 saturated carbocycles. The lowest BCUT2D eigenvalue weighted by molar-refractivity contribution is -0.160. The van der Waals surface area contributed by atoms with Gasteiger partial charge in [-0.1, -0.05) is 19.3 Å². The number of carbonyl (C=O) groups is 1. The number of rotatable bonds is 6. The minimum absolute atomic E-state index is 0.0991. The number of carbonyl (C=O) groups excluding carboxylic acids is 1. The van der Waals surface area contributed by atoms with Gasteiger partial charge in [-0.05, 0) is 44.2 Å². The van der Waals surface area contributed by atoms with Gasteiger partial charge in [-0.2, -0.15) is 4.98 Å². The zero-order valence-electron chi connectivity index (χ0n) is 14.1. The molecular formula is C17H25ClN4O2. The van der Waals surface area contributed by atoms with Crippen LogP contribution in [0.15, 0.2) is 6.20 Å². The van der Waals surface area contributed by atoms with Crippen molar-refractivity contribution in [3.63, 3.8) is 0 Å². The summed E-state index contributed by atoms with van der Waals surface area (Å²) < 4.78 is 5.35. The Balaban J connectivity index is 1.90. The fourth-order valence-corrected chi connectivity index (χ4v) is 3.95. The van der Waals surface area contributed by atoms with Crippen molar-refractivity contribution < 1.29 is 9.53 Å². The molecule has 2 aliphatic rings. The molecule has 1 heterocycles. The third kappa shape index (κ3) is 3.29. The lowest BCUT2D eigenvalue weighted by atomic mass is 9.68. The maximum atomic E-state index is 12.5. The Hall–Kier alpha value is -1.56. The number of halogens is 1. The van der Waals surface area contributed by atoms with Crippen molar-refractivity contribution in [1.29, 1.82) is 0 Å². The molecule has 0 spiro atoms. The van der Waals surface area contributed by atoms with Crippen LogP contribution >= 0.6 is 11.6 Å². The first-order valence-corrected chi connectivity index (χ1v) is 9.15. The van der Waals surface area contributed by atoms with E-state index in [2.05, 4.69) is 14.9 Å². The Morgan fingerprint density at radius 2 is 2.12 bits per heavy atom. The number of nitrogens with two attached hydrogens (primary N) is 1. The summed E-state index contributed by atoms with van der Waals surface area (Å²) in [6, 6.07) is 0.338. The Bertz CT molecular complexity index is 600. The highest BCUT2D eigenvalue weighted by molar-refractivity contribution is 6.28. The Morgan fingerprint density at radius 1 is 1.42 bits per heavy atom. The van der Waals surface area contributed by atoms with Crippen LogP contribution < -0.4 is 10.6 Å². The van der Waals surface area contributed by atoms with Crippen LogP contribution in [0.4, 0.5) is 11.5 Å². The van der Waals surface area contributed by atoms with Crippen LogP contribution in [-0.2, 0) is 9.53 Å². The number of hydrogen-bond donors (Lipinski definition) is 1. The molecule has 3 rings (SSSR count). The molecule has 1 aromatic rings. The summed E-state index contributed by atoms with van der Waals surface area (Å²) in [6.45, 7) is 2.85. The van der Waals surface area contributed by atoms with Crippen LogP contribution in [0.2, 0.25) is 5.28 Å². The van der Waals surface area contributed by atoms with E-state index in [4.69, 9.17) is 22.1 Å². The minimum Gasteiger partial charge on any atom is -0.466 e. The molecule has 24 heavy (non-hydrogen) atoms. The fourth-order valence-electron chi connectivity index (χ4n) is 3.82. The van der Waals surface area contributed by atoms with Crippen molar-refractivity contribution in [1.82, 2.24) is 9.97 Å². The molecule has 2 N–H and O–H groups in total. The van der Waals surface area contributed by atoms with E-state index in [1.54, 1.807) is 6.20 Å². The van der Waals surface area contributed by atoms with Crippen LogP contribution in [0.1, 0.15) is 51.9 Å². The Kier molecular flexibility index (Phi) is 5.13. The maximum absolute atomic E-state index is 12.5. The second-order valence-electron chi connectivity index (χ2n) is 6.84. The molecule has 0 amide bonds. The van der Waals surface area contributed by atoms with Crippen LogP contribution in [0.3, 0.4) is 0 Å². The van der Waals surface area contributed by atoms with Gasteiger partial charge in [0.2, 0.25) is 5.28 Å². The van der Waals surface area contributed by atoms with Gasteiger partial charge in [-0.15, -0.1) is 0 Å². The summed E-state index contributed by atoms with van der Waals surface area (Å²) in [5.41, 5.74) is 6.19. The van der Waals surface area contributed by atoms with E-state index in [0.717, 1.165) is 32.1 Å². The van der Waals surface area contributed by atoms with E-state index < -0.39 is 5.41 Å². The number of hydrogen-bond acceptors (Lipinski definition) is 6. The van der Waals surface area contributed by atoms with Crippen molar-refractivity contribution in [3.05, 3.63) is 11.5 Å². The van der Waals surface area contributed by atoms with Crippen molar-refractivity contribution in [2.75, 3.05) is 23.8 Å². The quantitative estimate of drug-likeness (QED) is 0.625. The van der Waals surface area contributed by atoms with Gasteiger partial charge in [0.05, 0.1) is 23.9 Å². The van der Waals surface area contributed by atoms with E-state index in [-0.39, 0.29) is 11.3 Å². The molecule has 0 aliphatic heterocycles. The van der Waals surface area contributed by atoms with E-state index in [9.17, 15) is 4.79 Å². The molecule has 2 fully saturated rings. The van der Waals surface area contributed by atoms with Crippen LogP contribution in [0.5, 0.6) is 0 Å². The van der Waals surface area contributed by atoms with E-state index in [0.29, 0.717) is 30.7 Å². The Labute approximate surface area is 147 Å². The van der Waals surface area contributed by atoms with Gasteiger partial charge in [-0.25, -0.2) is 4.98 Å². The molecule has 0 atom stereocenters. The average Bonchev–Trinajstić information content (AvgIpc) is 3.04. The highest BCUT2D eigenvalue weighted by atomic mass is 35.5. The number of anilines is 2. The topological polar surface area (TPSA) is 81.3 Å². The molecule has 6 nitrogen and oxygen atoms in total. The molecule has 132 valence electrons. The SMILES string of the molecule is CCOC(=O)C1(CN(c2nc(Cl)ncc2N)C2CCCC2)CCC1. The van der Waals surface area contributed by atoms with Gasteiger partial charge in [-0.3, -0.25) is 4.79 Å². The minimum atomic E-state index is -0.442. The Morgan fingerprint density at radius 3 is 2.71 bits per heavy atom. The molecule has 0 unspecified atom stereocenters. The highest BCUT2D eigenvalue weighted by Crippen LogP contribution is 2.45.